The van der Waals surface area contributed by atoms with E-state index in [9.17, 15) is 14.7 Å². The van der Waals surface area contributed by atoms with E-state index in [0.717, 1.165) is 19.4 Å². The van der Waals surface area contributed by atoms with Gasteiger partial charge in [0.15, 0.2) is 0 Å². The highest BCUT2D eigenvalue weighted by Gasteiger charge is 2.45. The van der Waals surface area contributed by atoms with Crippen molar-refractivity contribution in [2.24, 2.45) is 5.41 Å². The Morgan fingerprint density at radius 2 is 2.15 bits per heavy atom. The topological polar surface area (TPSA) is 78.9 Å². The van der Waals surface area contributed by atoms with E-state index in [1.54, 1.807) is 4.90 Å². The highest BCUT2D eigenvalue weighted by molar-refractivity contribution is 5.79. The van der Waals surface area contributed by atoms with Gasteiger partial charge < -0.3 is 20.1 Å². The molecule has 0 radical (unpaired) electrons. The van der Waals surface area contributed by atoms with Crippen molar-refractivity contribution in [2.45, 2.75) is 45.1 Å². The summed E-state index contributed by atoms with van der Waals surface area (Å²) in [6.45, 7) is 5.88. The lowest BCUT2D eigenvalue weighted by Gasteiger charge is -2.26. The Morgan fingerprint density at radius 3 is 2.65 bits per heavy atom. The van der Waals surface area contributed by atoms with Gasteiger partial charge in [-0.2, -0.15) is 0 Å². The second kappa shape index (κ2) is 5.60. The first-order valence-corrected chi connectivity index (χ1v) is 7.31. The van der Waals surface area contributed by atoms with Crippen LogP contribution < -0.4 is 5.32 Å². The number of urea groups is 1. The molecule has 0 aromatic heterocycles. The fourth-order valence-electron chi connectivity index (χ4n) is 3.01. The number of carbonyl (C=O) groups excluding carboxylic acids is 1. The number of carbonyl (C=O) groups is 2. The molecule has 2 atom stereocenters. The number of amides is 2. The molecule has 0 aromatic rings. The third kappa shape index (κ3) is 2.90. The summed E-state index contributed by atoms with van der Waals surface area (Å²) in [7, 11) is 0. The van der Waals surface area contributed by atoms with Gasteiger partial charge in [-0.25, -0.2) is 4.79 Å². The van der Waals surface area contributed by atoms with Gasteiger partial charge in [-0.15, -0.1) is 0 Å². The maximum absolute atomic E-state index is 12.1. The molecular formula is C14H24N2O4. The van der Waals surface area contributed by atoms with Crippen molar-refractivity contribution in [1.29, 1.82) is 0 Å². The van der Waals surface area contributed by atoms with Crippen LogP contribution >= 0.6 is 0 Å². The summed E-state index contributed by atoms with van der Waals surface area (Å²) in [5.74, 6) is -0.804. The van der Waals surface area contributed by atoms with Crippen molar-refractivity contribution in [2.75, 3.05) is 26.2 Å². The lowest BCUT2D eigenvalue weighted by atomic mass is 9.84. The van der Waals surface area contributed by atoms with Crippen LogP contribution in [-0.4, -0.2) is 53.8 Å². The molecule has 6 nitrogen and oxygen atoms in total. The average Bonchev–Trinajstić information content (AvgIpc) is 3.04. The number of carboxylic acid groups (broad SMARTS) is 1. The zero-order chi connectivity index (χ0) is 14.8. The van der Waals surface area contributed by atoms with Crippen molar-refractivity contribution in [1.82, 2.24) is 10.2 Å². The molecule has 2 heterocycles. The number of hydrogen-bond acceptors (Lipinski definition) is 3. The van der Waals surface area contributed by atoms with E-state index >= 15 is 0 Å². The van der Waals surface area contributed by atoms with Crippen LogP contribution in [0.15, 0.2) is 0 Å². The number of rotatable bonds is 4. The summed E-state index contributed by atoms with van der Waals surface area (Å²) in [4.78, 5) is 25.1. The van der Waals surface area contributed by atoms with E-state index in [2.05, 4.69) is 5.32 Å². The third-order valence-electron chi connectivity index (χ3n) is 4.69. The normalized spacial score (nSPS) is 33.4. The molecule has 2 fully saturated rings. The minimum absolute atomic E-state index is 0.182. The molecule has 2 rings (SSSR count). The Balaban J connectivity index is 1.86. The van der Waals surface area contributed by atoms with E-state index in [1.165, 1.54) is 0 Å². The van der Waals surface area contributed by atoms with Crippen LogP contribution in [0.2, 0.25) is 0 Å². The van der Waals surface area contributed by atoms with Crippen LogP contribution in [0.25, 0.3) is 0 Å². The van der Waals surface area contributed by atoms with Crippen molar-refractivity contribution in [3.8, 4) is 0 Å². The predicted molar refractivity (Wildman–Crippen MR) is 73.5 cm³/mol. The van der Waals surface area contributed by atoms with Crippen LogP contribution in [0.5, 0.6) is 0 Å². The van der Waals surface area contributed by atoms with Crippen molar-refractivity contribution >= 4 is 12.0 Å². The Bertz CT molecular complexity index is 393. The Morgan fingerprint density at radius 1 is 1.40 bits per heavy atom. The first-order valence-electron chi connectivity index (χ1n) is 7.31. The Hall–Kier alpha value is -1.30. The van der Waals surface area contributed by atoms with Gasteiger partial charge >= 0.3 is 12.0 Å². The molecule has 0 aromatic carbocycles. The largest absolute Gasteiger partial charge is 0.481 e. The fraction of sp³-hybridized carbons (Fsp3) is 0.857. The average molecular weight is 284 g/mol. The van der Waals surface area contributed by atoms with Gasteiger partial charge in [0.2, 0.25) is 0 Å². The molecule has 0 aliphatic carbocycles. The number of likely N-dealkylation sites (tertiary alicyclic amines) is 1. The van der Waals surface area contributed by atoms with Gasteiger partial charge in [0, 0.05) is 26.2 Å². The predicted octanol–water partition coefficient (Wildman–Crippen LogP) is 1.45. The fourth-order valence-corrected chi connectivity index (χ4v) is 3.01. The smallest absolute Gasteiger partial charge is 0.317 e. The zero-order valence-corrected chi connectivity index (χ0v) is 12.3. The van der Waals surface area contributed by atoms with Gasteiger partial charge in [0.25, 0.3) is 0 Å². The first kappa shape index (κ1) is 15.1. The SMILES string of the molecule is CCC1(C(=O)O)CCN(C(=O)NCC2(C)CCCO2)C1. The summed E-state index contributed by atoms with van der Waals surface area (Å²) >= 11 is 0. The number of carboxylic acids is 1. The molecule has 2 aliphatic heterocycles. The summed E-state index contributed by atoms with van der Waals surface area (Å²) in [5, 5.41) is 12.2. The van der Waals surface area contributed by atoms with Gasteiger partial charge in [0.05, 0.1) is 11.0 Å². The molecule has 2 N–H and O–H groups in total. The van der Waals surface area contributed by atoms with Gasteiger partial charge in [-0.3, -0.25) is 4.79 Å². The van der Waals surface area contributed by atoms with Gasteiger partial charge in [0.1, 0.15) is 0 Å². The minimum atomic E-state index is -0.804. The Kier molecular flexibility index (Phi) is 4.22. The quantitative estimate of drug-likeness (QED) is 0.819. The summed E-state index contributed by atoms with van der Waals surface area (Å²) in [5.41, 5.74) is -1.05. The molecule has 0 saturated carbocycles. The second-order valence-electron chi connectivity index (χ2n) is 6.17. The molecule has 20 heavy (non-hydrogen) atoms. The summed E-state index contributed by atoms with van der Waals surface area (Å²) in [6, 6.07) is -0.182. The molecule has 114 valence electrons. The van der Waals surface area contributed by atoms with Crippen molar-refractivity contribution in [3.05, 3.63) is 0 Å². The van der Waals surface area contributed by atoms with E-state index in [4.69, 9.17) is 4.74 Å². The molecular weight excluding hydrogens is 260 g/mol. The molecule has 2 aliphatic rings. The maximum atomic E-state index is 12.1. The number of ether oxygens (including phenoxy) is 1. The number of nitrogens with one attached hydrogen (secondary N) is 1. The zero-order valence-electron chi connectivity index (χ0n) is 12.3. The molecule has 2 amide bonds. The highest BCUT2D eigenvalue weighted by Crippen LogP contribution is 2.34. The third-order valence-corrected chi connectivity index (χ3v) is 4.69. The Labute approximate surface area is 119 Å². The van der Waals surface area contributed by atoms with E-state index in [1.807, 2.05) is 13.8 Å². The molecule has 0 bridgehead atoms. The molecule has 0 spiro atoms. The molecule has 2 saturated heterocycles. The summed E-state index contributed by atoms with van der Waals surface area (Å²) in [6.07, 6.45) is 3.04. The highest BCUT2D eigenvalue weighted by atomic mass is 16.5. The maximum Gasteiger partial charge on any atom is 0.317 e. The minimum Gasteiger partial charge on any atom is -0.481 e. The van der Waals surface area contributed by atoms with Crippen molar-refractivity contribution < 1.29 is 19.4 Å². The van der Waals surface area contributed by atoms with Crippen LogP contribution in [0.1, 0.15) is 39.5 Å². The van der Waals surface area contributed by atoms with Crippen LogP contribution in [-0.2, 0) is 9.53 Å². The molecule has 2 unspecified atom stereocenters. The van der Waals surface area contributed by atoms with E-state index in [-0.39, 0.29) is 11.6 Å². The second-order valence-corrected chi connectivity index (χ2v) is 6.17. The van der Waals surface area contributed by atoms with Crippen LogP contribution in [0.3, 0.4) is 0 Å². The van der Waals surface area contributed by atoms with Crippen molar-refractivity contribution in [3.63, 3.8) is 0 Å². The monoisotopic (exact) mass is 284 g/mol. The lowest BCUT2D eigenvalue weighted by molar-refractivity contribution is -0.148. The molecule has 6 heteroatoms. The van der Waals surface area contributed by atoms with Crippen LogP contribution in [0.4, 0.5) is 4.79 Å². The van der Waals surface area contributed by atoms with Crippen LogP contribution in [0, 0.1) is 5.41 Å². The standard InChI is InChI=1S/C14H24N2O4/c1-3-14(11(17)18)6-7-16(10-14)12(19)15-9-13(2)5-4-8-20-13/h3-10H2,1-2H3,(H,15,19)(H,17,18). The number of aliphatic carboxylic acids is 1. The van der Waals surface area contributed by atoms with E-state index in [0.29, 0.717) is 32.5 Å². The van der Waals surface area contributed by atoms with E-state index < -0.39 is 11.4 Å². The number of hydrogen-bond donors (Lipinski definition) is 2. The van der Waals surface area contributed by atoms with Gasteiger partial charge in [-0.05, 0) is 32.6 Å². The lowest BCUT2D eigenvalue weighted by Crippen LogP contribution is -2.46. The van der Waals surface area contributed by atoms with Gasteiger partial charge in [-0.1, -0.05) is 6.92 Å². The first-order chi connectivity index (χ1) is 9.41. The summed E-state index contributed by atoms with van der Waals surface area (Å²) < 4.78 is 5.63. The number of nitrogens with zero attached hydrogens (tertiary/aromatic N) is 1.